The third-order valence-corrected chi connectivity index (χ3v) is 4.90. The second-order valence-corrected chi connectivity index (χ2v) is 7.49. The Balaban J connectivity index is 1.47. The van der Waals surface area contributed by atoms with Gasteiger partial charge < -0.3 is 10.1 Å². The van der Waals surface area contributed by atoms with Gasteiger partial charge in [0.1, 0.15) is 0 Å². The van der Waals surface area contributed by atoms with Gasteiger partial charge in [0.2, 0.25) is 5.95 Å². The van der Waals surface area contributed by atoms with E-state index in [4.69, 9.17) is 4.74 Å². The summed E-state index contributed by atoms with van der Waals surface area (Å²) in [6, 6.07) is 8.12. The quantitative estimate of drug-likeness (QED) is 0.559. The van der Waals surface area contributed by atoms with Gasteiger partial charge in [-0.25, -0.2) is 9.97 Å². The molecule has 1 N–H and O–H groups in total. The van der Waals surface area contributed by atoms with Gasteiger partial charge in [0.25, 0.3) is 0 Å². The zero-order valence-electron chi connectivity index (χ0n) is 17.3. The van der Waals surface area contributed by atoms with E-state index < -0.39 is 0 Å². The largest absolute Gasteiger partial charge is 0.466 e. The number of anilines is 2. The standard InChI is InChI=1S/C23H25N5O2/c1-3-30-22(29)7-6-18-13-26-21(14-25-18)17-10-15(2)11-19(12-17)27-23-24-9-8-20(28-23)16-4-5-16/h8-14,16H,3-7H2,1-2H3,(H,24,27,28). The van der Waals surface area contributed by atoms with E-state index >= 15 is 0 Å². The Bertz CT molecular complexity index is 1030. The molecule has 154 valence electrons. The first kappa shape index (κ1) is 19.9. The summed E-state index contributed by atoms with van der Waals surface area (Å²) < 4.78 is 4.95. The molecule has 0 aliphatic heterocycles. The molecule has 0 unspecified atom stereocenters. The first-order valence-corrected chi connectivity index (χ1v) is 10.3. The van der Waals surface area contributed by atoms with Crippen molar-refractivity contribution in [1.29, 1.82) is 0 Å². The van der Waals surface area contributed by atoms with Crippen LogP contribution in [0.2, 0.25) is 0 Å². The number of hydrogen-bond acceptors (Lipinski definition) is 7. The highest BCUT2D eigenvalue weighted by Gasteiger charge is 2.25. The van der Waals surface area contributed by atoms with Crippen molar-refractivity contribution in [2.45, 2.75) is 45.4 Å². The van der Waals surface area contributed by atoms with Crippen LogP contribution in [-0.4, -0.2) is 32.5 Å². The minimum atomic E-state index is -0.217. The summed E-state index contributed by atoms with van der Waals surface area (Å²) in [5, 5.41) is 3.31. The molecule has 1 aromatic carbocycles. The van der Waals surface area contributed by atoms with E-state index in [2.05, 4.69) is 37.4 Å². The van der Waals surface area contributed by atoms with Gasteiger partial charge in [-0.3, -0.25) is 14.8 Å². The van der Waals surface area contributed by atoms with Gasteiger partial charge in [0.15, 0.2) is 0 Å². The van der Waals surface area contributed by atoms with E-state index in [1.165, 1.54) is 12.8 Å². The number of rotatable bonds is 8. The molecule has 1 fully saturated rings. The Morgan fingerprint density at radius 2 is 2.03 bits per heavy atom. The summed E-state index contributed by atoms with van der Waals surface area (Å²) in [4.78, 5) is 29.5. The minimum absolute atomic E-state index is 0.217. The van der Waals surface area contributed by atoms with Gasteiger partial charge in [-0.2, -0.15) is 0 Å². The lowest BCUT2D eigenvalue weighted by Gasteiger charge is -2.10. The first-order valence-electron chi connectivity index (χ1n) is 10.3. The lowest BCUT2D eigenvalue weighted by molar-refractivity contribution is -0.143. The third-order valence-electron chi connectivity index (χ3n) is 4.90. The Morgan fingerprint density at radius 1 is 1.17 bits per heavy atom. The molecule has 1 saturated carbocycles. The molecule has 4 rings (SSSR count). The molecule has 3 aromatic rings. The van der Waals surface area contributed by atoms with Crippen molar-refractivity contribution in [2.24, 2.45) is 0 Å². The highest BCUT2D eigenvalue weighted by Crippen LogP contribution is 2.39. The summed E-state index contributed by atoms with van der Waals surface area (Å²) in [6.45, 7) is 4.23. The van der Waals surface area contributed by atoms with Crippen LogP contribution in [0.3, 0.4) is 0 Å². The summed E-state index contributed by atoms with van der Waals surface area (Å²) in [5.41, 5.74) is 5.61. The van der Waals surface area contributed by atoms with Gasteiger partial charge in [-0.15, -0.1) is 0 Å². The smallest absolute Gasteiger partial charge is 0.306 e. The Hall–Kier alpha value is -3.35. The van der Waals surface area contributed by atoms with Crippen LogP contribution in [0.1, 0.15) is 49.1 Å². The predicted octanol–water partition coefficient (Wildman–Crippen LogP) is 4.36. The van der Waals surface area contributed by atoms with Gasteiger partial charge >= 0.3 is 5.97 Å². The molecule has 7 nitrogen and oxygen atoms in total. The van der Waals surface area contributed by atoms with Crippen molar-refractivity contribution in [1.82, 2.24) is 19.9 Å². The number of hydrogen-bond donors (Lipinski definition) is 1. The Labute approximate surface area is 176 Å². The highest BCUT2D eigenvalue weighted by atomic mass is 16.5. The van der Waals surface area contributed by atoms with E-state index in [9.17, 15) is 4.79 Å². The molecule has 7 heteroatoms. The van der Waals surface area contributed by atoms with Crippen molar-refractivity contribution in [3.8, 4) is 11.3 Å². The molecular weight excluding hydrogens is 378 g/mol. The third kappa shape index (κ3) is 5.17. The summed E-state index contributed by atoms with van der Waals surface area (Å²) in [7, 11) is 0. The number of ether oxygens (including phenoxy) is 1. The molecule has 0 amide bonds. The van der Waals surface area contributed by atoms with Crippen molar-refractivity contribution < 1.29 is 9.53 Å². The maximum absolute atomic E-state index is 11.5. The van der Waals surface area contributed by atoms with E-state index in [-0.39, 0.29) is 5.97 Å². The van der Waals surface area contributed by atoms with Crippen LogP contribution in [0, 0.1) is 6.92 Å². The maximum atomic E-state index is 11.5. The van der Waals surface area contributed by atoms with Gasteiger partial charge in [-0.1, -0.05) is 0 Å². The number of carbonyl (C=O) groups is 1. The second kappa shape index (κ2) is 8.98. The van der Waals surface area contributed by atoms with Crippen LogP contribution < -0.4 is 5.32 Å². The normalized spacial score (nSPS) is 13.1. The lowest BCUT2D eigenvalue weighted by atomic mass is 10.1. The molecule has 2 heterocycles. The fourth-order valence-corrected chi connectivity index (χ4v) is 3.27. The van der Waals surface area contributed by atoms with Crippen LogP contribution in [0.4, 0.5) is 11.6 Å². The monoisotopic (exact) mass is 403 g/mol. The number of aryl methyl sites for hydroxylation is 2. The predicted molar refractivity (Wildman–Crippen MR) is 114 cm³/mol. The molecule has 30 heavy (non-hydrogen) atoms. The second-order valence-electron chi connectivity index (χ2n) is 7.49. The van der Waals surface area contributed by atoms with Gasteiger partial charge in [-0.05, 0) is 56.5 Å². The van der Waals surface area contributed by atoms with E-state index in [0.717, 1.165) is 33.9 Å². The van der Waals surface area contributed by atoms with Crippen LogP contribution in [0.5, 0.6) is 0 Å². The average molecular weight is 403 g/mol. The number of benzene rings is 1. The zero-order valence-corrected chi connectivity index (χ0v) is 17.3. The molecule has 0 atom stereocenters. The summed E-state index contributed by atoms with van der Waals surface area (Å²) >= 11 is 0. The molecule has 0 radical (unpaired) electrons. The van der Waals surface area contributed by atoms with E-state index in [1.807, 2.05) is 19.1 Å². The minimum Gasteiger partial charge on any atom is -0.466 e. The van der Waals surface area contributed by atoms with Crippen LogP contribution in [-0.2, 0) is 16.0 Å². The van der Waals surface area contributed by atoms with Crippen molar-refractivity contribution in [3.63, 3.8) is 0 Å². The Morgan fingerprint density at radius 3 is 2.77 bits per heavy atom. The molecule has 1 aliphatic carbocycles. The van der Waals surface area contributed by atoms with Crippen LogP contribution in [0.25, 0.3) is 11.3 Å². The number of nitrogens with one attached hydrogen (secondary N) is 1. The zero-order chi connectivity index (χ0) is 20.9. The number of nitrogens with zero attached hydrogens (tertiary/aromatic N) is 4. The number of aromatic nitrogens is 4. The molecule has 0 spiro atoms. The SMILES string of the molecule is CCOC(=O)CCc1cnc(-c2cc(C)cc(Nc3nccc(C4CC4)n3)c2)cn1. The lowest BCUT2D eigenvalue weighted by Crippen LogP contribution is -2.06. The van der Waals surface area contributed by atoms with Gasteiger partial charge in [0, 0.05) is 41.7 Å². The molecule has 0 bridgehead atoms. The molecular formula is C23H25N5O2. The number of esters is 1. The van der Waals surface area contributed by atoms with Crippen molar-refractivity contribution >= 4 is 17.6 Å². The number of carbonyl (C=O) groups excluding carboxylic acids is 1. The van der Waals surface area contributed by atoms with Crippen LogP contribution >= 0.6 is 0 Å². The fourth-order valence-electron chi connectivity index (χ4n) is 3.27. The summed E-state index contributed by atoms with van der Waals surface area (Å²) in [6.07, 6.45) is 8.50. The fraction of sp³-hybridized carbons (Fsp3) is 0.348. The van der Waals surface area contributed by atoms with Crippen LogP contribution in [0.15, 0.2) is 42.9 Å². The van der Waals surface area contributed by atoms with Crippen molar-refractivity contribution in [3.05, 3.63) is 59.8 Å². The van der Waals surface area contributed by atoms with Gasteiger partial charge in [0.05, 0.1) is 30.6 Å². The average Bonchev–Trinajstić information content (AvgIpc) is 3.58. The molecule has 0 saturated heterocycles. The molecule has 1 aliphatic rings. The topological polar surface area (TPSA) is 89.9 Å². The van der Waals surface area contributed by atoms with E-state index in [0.29, 0.717) is 31.3 Å². The first-order chi connectivity index (χ1) is 14.6. The summed E-state index contributed by atoms with van der Waals surface area (Å²) in [5.74, 6) is 0.973. The highest BCUT2D eigenvalue weighted by molar-refractivity contribution is 5.70. The molecule has 2 aromatic heterocycles. The maximum Gasteiger partial charge on any atom is 0.306 e. The Kier molecular flexibility index (Phi) is 5.97. The van der Waals surface area contributed by atoms with E-state index in [1.54, 1.807) is 25.5 Å². The van der Waals surface area contributed by atoms with Crippen molar-refractivity contribution in [2.75, 3.05) is 11.9 Å².